The molecule has 3 rings (SSSR count). The van der Waals surface area contributed by atoms with Crippen LogP contribution in [0.2, 0.25) is 0 Å². The standard InChI is InChI=1S/C17H19N3O2S2/c1-11-5-6-14(12(2)8-11)15(21)10-23-17-20-19-16(24-17)18-9-13-4-3-7-22-13/h3-8,15,21H,9-10H2,1-2H3,(H,18,19)/t15-/m1/s1. The predicted octanol–water partition coefficient (Wildman–Crippen LogP) is 4.19. The van der Waals surface area contributed by atoms with Crippen molar-refractivity contribution in [2.24, 2.45) is 0 Å². The molecule has 24 heavy (non-hydrogen) atoms. The van der Waals surface area contributed by atoms with Crippen LogP contribution in [0.4, 0.5) is 5.13 Å². The second-order valence-corrected chi connectivity index (χ2v) is 7.74. The summed E-state index contributed by atoms with van der Waals surface area (Å²) in [6.45, 7) is 4.66. The van der Waals surface area contributed by atoms with Crippen LogP contribution in [0.5, 0.6) is 0 Å². The van der Waals surface area contributed by atoms with Gasteiger partial charge in [-0.05, 0) is 37.1 Å². The van der Waals surface area contributed by atoms with Gasteiger partial charge in [0, 0.05) is 5.75 Å². The second-order valence-electron chi connectivity index (χ2n) is 5.49. The number of anilines is 1. The molecule has 1 atom stereocenters. The third-order valence-electron chi connectivity index (χ3n) is 3.55. The van der Waals surface area contributed by atoms with Gasteiger partial charge in [-0.15, -0.1) is 10.2 Å². The number of aryl methyl sites for hydroxylation is 2. The molecule has 0 unspecified atom stereocenters. The molecule has 0 saturated carbocycles. The lowest BCUT2D eigenvalue weighted by Gasteiger charge is -2.13. The van der Waals surface area contributed by atoms with Crippen molar-refractivity contribution in [3.63, 3.8) is 0 Å². The number of furan rings is 1. The van der Waals surface area contributed by atoms with Crippen LogP contribution in [0, 0.1) is 13.8 Å². The predicted molar refractivity (Wildman–Crippen MR) is 97.5 cm³/mol. The molecule has 2 heterocycles. The Kier molecular flexibility index (Phi) is 5.55. The van der Waals surface area contributed by atoms with Gasteiger partial charge in [0.15, 0.2) is 4.34 Å². The van der Waals surface area contributed by atoms with Gasteiger partial charge >= 0.3 is 0 Å². The molecule has 5 nitrogen and oxygen atoms in total. The fourth-order valence-corrected chi connectivity index (χ4v) is 4.08. The Balaban J connectivity index is 1.53. The van der Waals surface area contributed by atoms with E-state index in [0.717, 1.165) is 26.4 Å². The molecule has 0 fully saturated rings. The highest BCUT2D eigenvalue weighted by atomic mass is 32.2. The smallest absolute Gasteiger partial charge is 0.206 e. The first-order chi connectivity index (χ1) is 11.6. The average Bonchev–Trinajstić information content (AvgIpc) is 3.22. The summed E-state index contributed by atoms with van der Waals surface area (Å²) >= 11 is 2.99. The summed E-state index contributed by atoms with van der Waals surface area (Å²) in [4.78, 5) is 0. The number of rotatable bonds is 7. The number of aromatic nitrogens is 2. The number of aliphatic hydroxyl groups is 1. The van der Waals surface area contributed by atoms with E-state index >= 15 is 0 Å². The van der Waals surface area contributed by atoms with Crippen LogP contribution in [-0.4, -0.2) is 21.1 Å². The molecule has 2 N–H and O–H groups in total. The molecule has 0 saturated heterocycles. The van der Waals surface area contributed by atoms with Crippen molar-refractivity contribution in [2.75, 3.05) is 11.1 Å². The van der Waals surface area contributed by atoms with Crippen LogP contribution >= 0.6 is 23.1 Å². The van der Waals surface area contributed by atoms with E-state index in [1.807, 2.05) is 31.2 Å². The summed E-state index contributed by atoms with van der Waals surface area (Å²) in [6, 6.07) is 9.87. The van der Waals surface area contributed by atoms with E-state index in [9.17, 15) is 5.11 Å². The second kappa shape index (κ2) is 7.83. The van der Waals surface area contributed by atoms with E-state index < -0.39 is 6.10 Å². The van der Waals surface area contributed by atoms with E-state index in [4.69, 9.17) is 4.42 Å². The summed E-state index contributed by atoms with van der Waals surface area (Å²) in [6.07, 6.45) is 1.13. The maximum atomic E-state index is 10.4. The number of nitrogens with zero attached hydrogens (tertiary/aromatic N) is 2. The average molecular weight is 361 g/mol. The minimum Gasteiger partial charge on any atom is -0.467 e. The first-order valence-electron chi connectivity index (χ1n) is 7.59. The number of thioether (sulfide) groups is 1. The molecular weight excluding hydrogens is 342 g/mol. The lowest BCUT2D eigenvalue weighted by atomic mass is 10.0. The first-order valence-corrected chi connectivity index (χ1v) is 9.40. The topological polar surface area (TPSA) is 71.2 Å². The Bertz CT molecular complexity index is 787. The first kappa shape index (κ1) is 17.0. The van der Waals surface area contributed by atoms with Crippen molar-refractivity contribution in [3.8, 4) is 0 Å². The molecule has 0 amide bonds. The van der Waals surface area contributed by atoms with Crippen LogP contribution in [0.1, 0.15) is 28.6 Å². The van der Waals surface area contributed by atoms with Crippen molar-refractivity contribution < 1.29 is 9.52 Å². The molecule has 1 aromatic carbocycles. The lowest BCUT2D eigenvalue weighted by molar-refractivity contribution is 0.203. The normalized spacial score (nSPS) is 12.3. The maximum Gasteiger partial charge on any atom is 0.206 e. The van der Waals surface area contributed by atoms with Gasteiger partial charge in [0.2, 0.25) is 5.13 Å². The molecule has 0 aliphatic heterocycles. The van der Waals surface area contributed by atoms with E-state index in [-0.39, 0.29) is 0 Å². The van der Waals surface area contributed by atoms with Gasteiger partial charge < -0.3 is 14.8 Å². The van der Waals surface area contributed by atoms with Crippen molar-refractivity contribution in [1.82, 2.24) is 10.2 Å². The Morgan fingerprint density at radius 2 is 2.17 bits per heavy atom. The number of nitrogens with one attached hydrogen (secondary N) is 1. The van der Waals surface area contributed by atoms with Crippen LogP contribution < -0.4 is 5.32 Å². The molecular formula is C17H19N3O2S2. The van der Waals surface area contributed by atoms with Gasteiger partial charge in [-0.3, -0.25) is 0 Å². The molecule has 7 heteroatoms. The summed E-state index contributed by atoms with van der Waals surface area (Å²) in [5, 5.41) is 22.6. The van der Waals surface area contributed by atoms with Crippen molar-refractivity contribution in [3.05, 3.63) is 59.0 Å². The number of hydrogen-bond acceptors (Lipinski definition) is 7. The Morgan fingerprint density at radius 3 is 2.92 bits per heavy atom. The molecule has 3 aromatic rings. The zero-order chi connectivity index (χ0) is 16.9. The SMILES string of the molecule is Cc1ccc([C@H](O)CSc2nnc(NCc3ccco3)s2)c(C)c1. The fourth-order valence-electron chi connectivity index (χ4n) is 2.35. The quantitative estimate of drug-likeness (QED) is 0.615. The van der Waals surface area contributed by atoms with Crippen molar-refractivity contribution in [2.45, 2.75) is 30.8 Å². The highest BCUT2D eigenvalue weighted by molar-refractivity contribution is 8.01. The Morgan fingerprint density at radius 1 is 1.29 bits per heavy atom. The highest BCUT2D eigenvalue weighted by Crippen LogP contribution is 2.30. The van der Waals surface area contributed by atoms with Gasteiger partial charge in [0.05, 0.1) is 18.9 Å². The summed E-state index contributed by atoms with van der Waals surface area (Å²) in [7, 11) is 0. The minimum atomic E-state index is -0.515. The van der Waals surface area contributed by atoms with Gasteiger partial charge in [0.25, 0.3) is 0 Å². The summed E-state index contributed by atoms with van der Waals surface area (Å²) in [5.41, 5.74) is 3.28. The maximum absolute atomic E-state index is 10.4. The molecule has 0 aliphatic rings. The number of benzene rings is 1. The van der Waals surface area contributed by atoms with E-state index in [1.54, 1.807) is 6.26 Å². The van der Waals surface area contributed by atoms with Gasteiger partial charge in [0.1, 0.15) is 5.76 Å². The van der Waals surface area contributed by atoms with Crippen LogP contribution in [-0.2, 0) is 6.54 Å². The third kappa shape index (κ3) is 4.37. The molecule has 0 spiro atoms. The largest absolute Gasteiger partial charge is 0.467 e. The molecule has 0 aliphatic carbocycles. The summed E-state index contributed by atoms with van der Waals surface area (Å²) in [5.74, 6) is 1.40. The third-order valence-corrected chi connectivity index (χ3v) is 5.64. The van der Waals surface area contributed by atoms with Gasteiger partial charge in [-0.1, -0.05) is 46.9 Å². The molecule has 0 radical (unpaired) electrons. The van der Waals surface area contributed by atoms with Gasteiger partial charge in [-0.2, -0.15) is 0 Å². The number of aliphatic hydroxyl groups excluding tert-OH is 1. The van der Waals surface area contributed by atoms with E-state index in [0.29, 0.717) is 12.3 Å². The van der Waals surface area contributed by atoms with E-state index in [2.05, 4.69) is 28.5 Å². The number of hydrogen-bond donors (Lipinski definition) is 2. The Hall–Kier alpha value is -1.83. The summed E-state index contributed by atoms with van der Waals surface area (Å²) < 4.78 is 6.10. The van der Waals surface area contributed by atoms with Crippen LogP contribution in [0.3, 0.4) is 0 Å². The van der Waals surface area contributed by atoms with Crippen LogP contribution in [0.25, 0.3) is 0 Å². The minimum absolute atomic E-state index is 0.515. The molecule has 126 valence electrons. The van der Waals surface area contributed by atoms with Crippen LogP contribution in [0.15, 0.2) is 45.4 Å². The fraction of sp³-hybridized carbons (Fsp3) is 0.294. The highest BCUT2D eigenvalue weighted by Gasteiger charge is 2.13. The zero-order valence-electron chi connectivity index (χ0n) is 13.5. The van der Waals surface area contributed by atoms with Crippen molar-refractivity contribution >= 4 is 28.2 Å². The van der Waals surface area contributed by atoms with Crippen molar-refractivity contribution in [1.29, 1.82) is 0 Å². The Labute approximate surface area is 149 Å². The molecule has 0 bridgehead atoms. The monoisotopic (exact) mass is 361 g/mol. The van der Waals surface area contributed by atoms with Gasteiger partial charge in [-0.25, -0.2) is 0 Å². The zero-order valence-corrected chi connectivity index (χ0v) is 15.2. The lowest BCUT2D eigenvalue weighted by Crippen LogP contribution is -2.03. The molecule has 2 aromatic heterocycles. The van der Waals surface area contributed by atoms with E-state index in [1.165, 1.54) is 28.7 Å².